The van der Waals surface area contributed by atoms with Crippen LogP contribution in [-0.4, -0.2) is 18.4 Å². The smallest absolute Gasteiger partial charge is 0.278 e. The zero-order valence-corrected chi connectivity index (χ0v) is 32.7. The molecule has 3 heterocycles. The highest BCUT2D eigenvalue weighted by Crippen LogP contribution is 2.62. The van der Waals surface area contributed by atoms with E-state index >= 15 is 0 Å². The lowest BCUT2D eigenvalue weighted by Gasteiger charge is -2.33. The Hall–Kier alpha value is -6.21. The van der Waals surface area contributed by atoms with Gasteiger partial charge in [0.2, 0.25) is 0 Å². The molecule has 0 atom stereocenters. The molecule has 0 saturated carbocycles. The minimum atomic E-state index is -0.784. The van der Waals surface area contributed by atoms with Gasteiger partial charge in [-0.3, -0.25) is 9.59 Å². The Labute approximate surface area is 330 Å². The second-order valence-electron chi connectivity index (χ2n) is 13.7. The van der Waals surface area contributed by atoms with Crippen LogP contribution in [0.4, 0.5) is 0 Å². The fourth-order valence-electron chi connectivity index (χ4n) is 7.62. The fourth-order valence-corrected chi connectivity index (χ4v) is 9.30. The first-order chi connectivity index (χ1) is 26.6. The number of nitrogens with two attached hydrogens (primary N) is 1. The van der Waals surface area contributed by atoms with Crippen LogP contribution in [0.1, 0.15) is 63.7 Å². The summed E-state index contributed by atoms with van der Waals surface area (Å²) in [7, 11) is 0. The van der Waals surface area contributed by atoms with Gasteiger partial charge >= 0.3 is 0 Å². The summed E-state index contributed by atoms with van der Waals surface area (Å²) >= 11 is 2.92. The summed E-state index contributed by atoms with van der Waals surface area (Å²) in [6.07, 6.45) is 20.4. The maximum atomic E-state index is 13.9. The molecule has 270 valence electrons. The molecular weight excluding hydrogens is 713 g/mol. The number of hydrogen-bond acceptors (Lipinski definition) is 5. The first-order valence-electron chi connectivity index (χ1n) is 17.8. The molecule has 4 nitrogen and oxygen atoms in total. The van der Waals surface area contributed by atoms with Crippen molar-refractivity contribution in [3.63, 3.8) is 0 Å². The molecule has 0 bridgehead atoms. The zero-order chi connectivity index (χ0) is 38.9. The molecule has 2 aliphatic carbocycles. The van der Waals surface area contributed by atoms with Crippen molar-refractivity contribution in [2.45, 2.75) is 26.2 Å². The normalized spacial score (nSPS) is 19.9. The number of hydrogen-bond donors (Lipinski definition) is 1. The molecule has 7 rings (SSSR count). The van der Waals surface area contributed by atoms with E-state index in [2.05, 4.69) is 92.3 Å². The number of aldehydes is 1. The van der Waals surface area contributed by atoms with Gasteiger partial charge in [-0.15, -0.1) is 0 Å². The van der Waals surface area contributed by atoms with Gasteiger partial charge in [-0.1, -0.05) is 117 Å². The lowest BCUT2D eigenvalue weighted by atomic mass is 9.67. The van der Waals surface area contributed by atoms with Gasteiger partial charge in [0.25, 0.3) is 5.91 Å². The third-order valence-electron chi connectivity index (χ3n) is 10.5. The van der Waals surface area contributed by atoms with Crippen LogP contribution in [0.2, 0.25) is 0 Å². The maximum absolute atomic E-state index is 13.9. The van der Waals surface area contributed by atoms with E-state index in [1.807, 2.05) is 66.4 Å². The summed E-state index contributed by atoms with van der Waals surface area (Å²) in [6.45, 7) is 19.4. The monoisotopic (exact) mass is 752 g/mol. The second-order valence-corrected chi connectivity index (χ2v) is 15.2. The van der Waals surface area contributed by atoms with Crippen molar-refractivity contribution in [1.29, 1.82) is 0 Å². The molecule has 55 heavy (non-hydrogen) atoms. The van der Waals surface area contributed by atoms with Crippen LogP contribution in [0.25, 0.3) is 22.4 Å². The van der Waals surface area contributed by atoms with Crippen molar-refractivity contribution < 1.29 is 9.59 Å². The predicted octanol–water partition coefficient (Wildman–Crippen LogP) is 12.1. The summed E-state index contributed by atoms with van der Waals surface area (Å²) < 4.78 is 0. The number of benzene rings is 2. The Morgan fingerprint density at radius 1 is 0.909 bits per heavy atom. The van der Waals surface area contributed by atoms with E-state index in [-0.39, 0.29) is 5.91 Å². The predicted molar refractivity (Wildman–Crippen MR) is 234 cm³/mol. The van der Waals surface area contributed by atoms with Crippen LogP contribution >= 0.6 is 22.7 Å². The molecule has 4 aromatic rings. The van der Waals surface area contributed by atoms with Crippen LogP contribution in [0.5, 0.6) is 0 Å². The number of allylic oxidation sites excluding steroid dienone is 18. The molecule has 1 aliphatic heterocycles. The SMILES string of the molecule is C=CC1=C(/C=C(\C)C(=C)/C=C\C=C(/N)c2cscc2C=O)C2(C3=C1/C=N/C(=O)c1cscc1/C(C)=C/C=C\C(=C)/C(C)=C/3)c1ccccc1-c1ccccc12. The number of nitrogens with zero attached hydrogens (tertiary/aromatic N) is 1. The maximum Gasteiger partial charge on any atom is 0.278 e. The topological polar surface area (TPSA) is 72.5 Å². The molecule has 0 unspecified atom stereocenters. The number of rotatable bonds is 7. The molecule has 2 aromatic carbocycles. The third kappa shape index (κ3) is 6.43. The fraction of sp³-hybridized carbons (Fsp3) is 0.0816. The molecule has 0 radical (unpaired) electrons. The van der Waals surface area contributed by atoms with Crippen molar-refractivity contribution >= 4 is 52.4 Å². The Morgan fingerprint density at radius 2 is 1.58 bits per heavy atom. The molecule has 6 heteroatoms. The summed E-state index contributed by atoms with van der Waals surface area (Å²) in [5.41, 5.74) is 21.5. The number of thiophene rings is 2. The molecule has 0 saturated heterocycles. The Bertz CT molecular complexity index is 2570. The number of fused-ring (bicyclic) bond motifs is 7. The summed E-state index contributed by atoms with van der Waals surface area (Å²) in [5, 5.41) is 7.52. The lowest BCUT2D eigenvalue weighted by molar-refractivity contribution is 0.100. The number of aliphatic imine (C=N–C) groups is 1. The number of carbonyl (C=O) groups is 2. The van der Waals surface area contributed by atoms with E-state index in [0.717, 1.165) is 84.3 Å². The highest BCUT2D eigenvalue weighted by Gasteiger charge is 2.52. The van der Waals surface area contributed by atoms with Crippen molar-refractivity contribution in [3.8, 4) is 11.1 Å². The van der Waals surface area contributed by atoms with Crippen molar-refractivity contribution in [1.82, 2.24) is 0 Å². The third-order valence-corrected chi connectivity index (χ3v) is 12.0. The number of carbonyl (C=O) groups excluding carboxylic acids is 2. The van der Waals surface area contributed by atoms with Crippen LogP contribution < -0.4 is 5.73 Å². The standard InChI is InChI=1S/C49H40N2O2S2/c1-7-36-39-24-51-48(53)42-29-55-27-40(42)32(4)16-12-14-30(2)34(6)23-46(39)49(43-19-10-8-17-37(43)38-18-9-11-20-44(38)49)45(36)22-33(5)31(3)15-13-21-47(50)41-28-54-26-35(41)25-52/h7-29H,1-3,50H2,4-6H3/b14-12-,15-13-,32-16+,33-22+,34-23+,47-21-,51-24+. The highest BCUT2D eigenvalue weighted by molar-refractivity contribution is 7.08. The van der Waals surface area contributed by atoms with Crippen LogP contribution in [0.3, 0.4) is 0 Å². The molecule has 3 aliphatic rings. The average Bonchev–Trinajstić information content (AvgIpc) is 3.98. The molecule has 0 fully saturated rings. The van der Waals surface area contributed by atoms with Gasteiger partial charge in [-0.25, -0.2) is 4.99 Å². The Morgan fingerprint density at radius 3 is 2.27 bits per heavy atom. The van der Waals surface area contributed by atoms with Gasteiger partial charge in [0.15, 0.2) is 6.29 Å². The van der Waals surface area contributed by atoms with Crippen LogP contribution in [-0.2, 0) is 5.41 Å². The minimum absolute atomic E-state index is 0.305. The summed E-state index contributed by atoms with van der Waals surface area (Å²) in [4.78, 5) is 30.1. The van der Waals surface area contributed by atoms with Crippen molar-refractivity contribution in [2.75, 3.05) is 0 Å². The molecule has 1 amide bonds. The van der Waals surface area contributed by atoms with Gasteiger partial charge < -0.3 is 5.73 Å². The van der Waals surface area contributed by atoms with Gasteiger partial charge in [0, 0.05) is 50.3 Å². The van der Waals surface area contributed by atoms with Gasteiger partial charge in [0.1, 0.15) is 0 Å². The first-order valence-corrected chi connectivity index (χ1v) is 19.7. The molecule has 1 spiro atoms. The van der Waals surface area contributed by atoms with Crippen LogP contribution in [0, 0.1) is 0 Å². The van der Waals surface area contributed by atoms with E-state index in [4.69, 9.17) is 5.73 Å². The number of amides is 1. The van der Waals surface area contributed by atoms with Gasteiger partial charge in [-0.05, 0) is 99.1 Å². The lowest BCUT2D eigenvalue weighted by Crippen LogP contribution is -2.28. The van der Waals surface area contributed by atoms with E-state index in [1.54, 1.807) is 17.7 Å². The average molecular weight is 753 g/mol. The second kappa shape index (κ2) is 15.3. The Kier molecular flexibility index (Phi) is 10.3. The van der Waals surface area contributed by atoms with Crippen molar-refractivity contribution in [3.05, 3.63) is 222 Å². The molecule has 2 N–H and O–H groups in total. The van der Waals surface area contributed by atoms with Gasteiger partial charge in [0.05, 0.1) is 11.0 Å². The quantitative estimate of drug-likeness (QED) is 0.151. The Balaban J connectivity index is 1.47. The zero-order valence-electron chi connectivity index (χ0n) is 31.1. The van der Waals surface area contributed by atoms with Gasteiger partial charge in [-0.2, -0.15) is 22.7 Å². The van der Waals surface area contributed by atoms with E-state index in [9.17, 15) is 9.59 Å². The van der Waals surface area contributed by atoms with Crippen molar-refractivity contribution in [2.24, 2.45) is 10.7 Å². The van der Waals surface area contributed by atoms with E-state index in [0.29, 0.717) is 22.4 Å². The van der Waals surface area contributed by atoms with E-state index < -0.39 is 5.41 Å². The minimum Gasteiger partial charge on any atom is -0.398 e. The molecular formula is C49H40N2O2S2. The largest absolute Gasteiger partial charge is 0.398 e. The first kappa shape index (κ1) is 37.1. The van der Waals surface area contributed by atoms with E-state index in [1.165, 1.54) is 22.7 Å². The molecule has 2 aromatic heterocycles. The highest BCUT2D eigenvalue weighted by atomic mass is 32.1. The summed E-state index contributed by atoms with van der Waals surface area (Å²) in [5.74, 6) is -0.305. The van der Waals surface area contributed by atoms with Crippen LogP contribution in [0.15, 0.2) is 194 Å². The summed E-state index contributed by atoms with van der Waals surface area (Å²) in [6, 6.07) is 17.1.